The first-order chi connectivity index (χ1) is 10.2. The standard InChI is InChI=1S/C17H14N2O2/c1-21-15-8-6-13(7-9-15)17(20)10-11-19-16-5-3-2-4-14(16)12-18/h2-9,11H,10H2,1H3. The lowest BCUT2D eigenvalue weighted by Crippen LogP contribution is -1.99. The number of nitriles is 1. The highest BCUT2D eigenvalue weighted by atomic mass is 16.5. The van der Waals surface area contributed by atoms with Gasteiger partial charge in [-0.2, -0.15) is 5.26 Å². The van der Waals surface area contributed by atoms with Crippen LogP contribution in [0.2, 0.25) is 0 Å². The summed E-state index contributed by atoms with van der Waals surface area (Å²) in [5, 5.41) is 8.95. The molecule has 2 aromatic carbocycles. The molecule has 0 fully saturated rings. The van der Waals surface area contributed by atoms with Gasteiger partial charge in [0.1, 0.15) is 11.8 Å². The highest BCUT2D eigenvalue weighted by molar-refractivity contribution is 6.03. The number of ether oxygens (including phenoxy) is 1. The van der Waals surface area contributed by atoms with E-state index in [1.54, 1.807) is 55.6 Å². The van der Waals surface area contributed by atoms with Crippen molar-refractivity contribution >= 4 is 17.7 Å². The number of hydrogen-bond donors (Lipinski definition) is 0. The Bertz CT molecular complexity index is 697. The molecule has 0 aliphatic heterocycles. The van der Waals surface area contributed by atoms with Gasteiger partial charge in [-0.05, 0) is 36.4 Å². The van der Waals surface area contributed by atoms with Crippen LogP contribution in [0.4, 0.5) is 5.69 Å². The van der Waals surface area contributed by atoms with Crippen molar-refractivity contribution in [3.8, 4) is 11.8 Å². The fourth-order valence-electron chi connectivity index (χ4n) is 1.80. The van der Waals surface area contributed by atoms with Crippen molar-refractivity contribution in [3.63, 3.8) is 0 Å². The van der Waals surface area contributed by atoms with Crippen LogP contribution in [0.3, 0.4) is 0 Å². The van der Waals surface area contributed by atoms with Crippen molar-refractivity contribution in [2.45, 2.75) is 6.42 Å². The number of hydrogen-bond acceptors (Lipinski definition) is 4. The van der Waals surface area contributed by atoms with Crippen molar-refractivity contribution in [2.75, 3.05) is 7.11 Å². The predicted octanol–water partition coefficient (Wildman–Crippen LogP) is 3.54. The zero-order chi connectivity index (χ0) is 15.1. The molecule has 2 rings (SSSR count). The molecule has 0 spiro atoms. The van der Waals surface area contributed by atoms with Crippen LogP contribution in [0, 0.1) is 11.3 Å². The second-order valence-corrected chi connectivity index (χ2v) is 4.30. The Morgan fingerprint density at radius 3 is 2.62 bits per heavy atom. The van der Waals surface area contributed by atoms with E-state index in [-0.39, 0.29) is 12.2 Å². The molecule has 21 heavy (non-hydrogen) atoms. The molecule has 0 radical (unpaired) electrons. The number of ketones is 1. The summed E-state index contributed by atoms with van der Waals surface area (Å²) in [6.45, 7) is 0. The van der Waals surface area contributed by atoms with E-state index in [1.807, 2.05) is 0 Å². The molecule has 0 atom stereocenters. The van der Waals surface area contributed by atoms with Gasteiger partial charge >= 0.3 is 0 Å². The molecular formula is C17H14N2O2. The number of aliphatic imine (C=N–C) groups is 1. The van der Waals surface area contributed by atoms with Gasteiger partial charge in [0.15, 0.2) is 5.78 Å². The summed E-state index contributed by atoms with van der Waals surface area (Å²) in [7, 11) is 1.58. The first-order valence-electron chi connectivity index (χ1n) is 6.43. The van der Waals surface area contributed by atoms with E-state index in [4.69, 9.17) is 10.00 Å². The van der Waals surface area contributed by atoms with E-state index in [0.29, 0.717) is 22.6 Å². The second-order valence-electron chi connectivity index (χ2n) is 4.30. The maximum absolute atomic E-state index is 12.0. The van der Waals surface area contributed by atoms with Gasteiger partial charge in [-0.25, -0.2) is 0 Å². The third-order valence-corrected chi connectivity index (χ3v) is 2.94. The SMILES string of the molecule is COc1ccc(C(=O)CC=Nc2ccccc2C#N)cc1. The minimum atomic E-state index is -0.0316. The Kier molecular flexibility index (Phi) is 4.84. The fraction of sp³-hybridized carbons (Fsp3) is 0.118. The van der Waals surface area contributed by atoms with Crippen LogP contribution in [0.5, 0.6) is 5.75 Å². The van der Waals surface area contributed by atoms with Gasteiger partial charge in [-0.15, -0.1) is 0 Å². The summed E-state index contributed by atoms with van der Waals surface area (Å²) >= 11 is 0. The highest BCUT2D eigenvalue weighted by Gasteiger charge is 2.04. The first-order valence-corrected chi connectivity index (χ1v) is 6.43. The fourth-order valence-corrected chi connectivity index (χ4v) is 1.80. The molecule has 0 heterocycles. The predicted molar refractivity (Wildman–Crippen MR) is 81.3 cm³/mol. The molecule has 0 saturated carbocycles. The van der Waals surface area contributed by atoms with Gasteiger partial charge in [0.2, 0.25) is 0 Å². The number of methoxy groups -OCH3 is 1. The monoisotopic (exact) mass is 278 g/mol. The topological polar surface area (TPSA) is 62.4 Å². The summed E-state index contributed by atoms with van der Waals surface area (Å²) in [5.41, 5.74) is 1.67. The van der Waals surface area contributed by atoms with Gasteiger partial charge in [0.25, 0.3) is 0 Å². The molecule has 2 aromatic rings. The lowest BCUT2D eigenvalue weighted by molar-refractivity contribution is 0.100. The number of carbonyl (C=O) groups excluding carboxylic acids is 1. The molecule has 0 unspecified atom stereocenters. The maximum Gasteiger partial charge on any atom is 0.168 e. The zero-order valence-electron chi connectivity index (χ0n) is 11.6. The average molecular weight is 278 g/mol. The van der Waals surface area contributed by atoms with Crippen molar-refractivity contribution in [1.82, 2.24) is 0 Å². The van der Waals surface area contributed by atoms with Gasteiger partial charge in [0, 0.05) is 18.2 Å². The van der Waals surface area contributed by atoms with Gasteiger partial charge < -0.3 is 4.74 Å². The van der Waals surface area contributed by atoms with Crippen molar-refractivity contribution in [3.05, 3.63) is 59.7 Å². The molecule has 0 aromatic heterocycles. The van der Waals surface area contributed by atoms with Crippen molar-refractivity contribution in [2.24, 2.45) is 4.99 Å². The van der Waals surface area contributed by atoms with E-state index >= 15 is 0 Å². The second kappa shape index (κ2) is 7.01. The van der Waals surface area contributed by atoms with Crippen LogP contribution in [-0.4, -0.2) is 19.1 Å². The van der Waals surface area contributed by atoms with Crippen LogP contribution in [0.15, 0.2) is 53.5 Å². The number of nitrogens with zero attached hydrogens (tertiary/aromatic N) is 2. The van der Waals surface area contributed by atoms with E-state index in [0.717, 1.165) is 0 Å². The number of Topliss-reactive ketones (excluding diaryl/α,β-unsaturated/α-hetero) is 1. The van der Waals surface area contributed by atoms with E-state index in [1.165, 1.54) is 6.21 Å². The summed E-state index contributed by atoms with van der Waals surface area (Å²) in [4.78, 5) is 16.2. The lowest BCUT2D eigenvalue weighted by Gasteiger charge is -2.01. The van der Waals surface area contributed by atoms with Crippen LogP contribution in [0.1, 0.15) is 22.3 Å². The quantitative estimate of drug-likeness (QED) is 0.620. The number of para-hydroxylation sites is 1. The van der Waals surface area contributed by atoms with Crippen LogP contribution < -0.4 is 4.74 Å². The summed E-state index contributed by atoms with van der Waals surface area (Å²) in [6.07, 6.45) is 1.72. The molecule has 4 nitrogen and oxygen atoms in total. The Labute approximate surface area is 123 Å². The Morgan fingerprint density at radius 2 is 1.95 bits per heavy atom. The highest BCUT2D eigenvalue weighted by Crippen LogP contribution is 2.17. The molecule has 0 aliphatic carbocycles. The lowest BCUT2D eigenvalue weighted by atomic mass is 10.1. The minimum Gasteiger partial charge on any atom is -0.497 e. The molecule has 0 bridgehead atoms. The molecule has 4 heteroatoms. The Morgan fingerprint density at radius 1 is 1.24 bits per heavy atom. The summed E-state index contributed by atoms with van der Waals surface area (Å²) in [5.74, 6) is 0.680. The van der Waals surface area contributed by atoms with Crippen molar-refractivity contribution < 1.29 is 9.53 Å². The van der Waals surface area contributed by atoms with E-state index in [9.17, 15) is 4.79 Å². The Balaban J connectivity index is 2.03. The number of benzene rings is 2. The molecular weight excluding hydrogens is 264 g/mol. The molecule has 0 N–H and O–H groups in total. The third-order valence-electron chi connectivity index (χ3n) is 2.94. The average Bonchev–Trinajstić information content (AvgIpc) is 2.55. The van der Waals surface area contributed by atoms with Crippen molar-refractivity contribution in [1.29, 1.82) is 5.26 Å². The normalized spacial score (nSPS) is 10.3. The van der Waals surface area contributed by atoms with Gasteiger partial charge in [-0.3, -0.25) is 9.79 Å². The smallest absolute Gasteiger partial charge is 0.168 e. The van der Waals surface area contributed by atoms with Gasteiger partial charge in [-0.1, -0.05) is 12.1 Å². The molecule has 0 aliphatic rings. The van der Waals surface area contributed by atoms with Crippen LogP contribution in [0.25, 0.3) is 0 Å². The van der Waals surface area contributed by atoms with E-state index < -0.39 is 0 Å². The molecule has 0 amide bonds. The summed E-state index contributed by atoms with van der Waals surface area (Å²) < 4.78 is 5.05. The van der Waals surface area contributed by atoms with Crippen LogP contribution >= 0.6 is 0 Å². The zero-order valence-corrected chi connectivity index (χ0v) is 11.6. The molecule has 104 valence electrons. The first kappa shape index (κ1) is 14.5. The minimum absolute atomic E-state index is 0.0316. The third kappa shape index (κ3) is 3.77. The van der Waals surface area contributed by atoms with Gasteiger partial charge in [0.05, 0.1) is 18.4 Å². The largest absolute Gasteiger partial charge is 0.497 e. The molecule has 0 saturated heterocycles. The van der Waals surface area contributed by atoms with Crippen LogP contribution in [-0.2, 0) is 0 Å². The Hall–Kier alpha value is -2.93. The number of rotatable bonds is 5. The van der Waals surface area contributed by atoms with E-state index in [2.05, 4.69) is 11.1 Å². The number of carbonyl (C=O) groups is 1. The maximum atomic E-state index is 12.0. The summed E-state index contributed by atoms with van der Waals surface area (Å²) in [6, 6.07) is 16.0.